The summed E-state index contributed by atoms with van der Waals surface area (Å²) in [5, 5.41) is 2.87. The molecule has 0 aromatic rings. The Labute approximate surface area is 106 Å². The average Bonchev–Trinajstić information content (AvgIpc) is 3.09. The molecule has 1 N–H and O–H groups in total. The number of sulfonamides is 1. The summed E-state index contributed by atoms with van der Waals surface area (Å²) in [7, 11) is -3.11. The molecule has 1 rings (SSSR count). The average molecular weight is 262 g/mol. The normalized spacial score (nSPS) is 18.6. The van der Waals surface area contributed by atoms with Crippen molar-refractivity contribution >= 4 is 10.0 Å². The Bertz CT molecular complexity index is 312. The van der Waals surface area contributed by atoms with E-state index in [1.807, 2.05) is 13.8 Å². The SMILES string of the molecule is CCCNCC(C)S(=O)(=O)N(CCC)C1CC1. The molecule has 0 radical (unpaired) electrons. The van der Waals surface area contributed by atoms with Gasteiger partial charge < -0.3 is 5.32 Å². The lowest BCUT2D eigenvalue weighted by atomic mass is 10.4. The van der Waals surface area contributed by atoms with Crippen LogP contribution in [-0.4, -0.2) is 43.6 Å². The van der Waals surface area contributed by atoms with E-state index < -0.39 is 10.0 Å². The van der Waals surface area contributed by atoms with Gasteiger partial charge in [0, 0.05) is 19.1 Å². The molecule has 0 bridgehead atoms. The van der Waals surface area contributed by atoms with Gasteiger partial charge in [0.15, 0.2) is 0 Å². The topological polar surface area (TPSA) is 49.4 Å². The predicted octanol–water partition coefficient (Wildman–Crippen LogP) is 1.58. The summed E-state index contributed by atoms with van der Waals surface area (Å²) in [6.45, 7) is 8.04. The van der Waals surface area contributed by atoms with Gasteiger partial charge in [0.1, 0.15) is 0 Å². The zero-order valence-electron chi connectivity index (χ0n) is 11.3. The zero-order chi connectivity index (χ0) is 12.9. The maximum absolute atomic E-state index is 12.4. The lowest BCUT2D eigenvalue weighted by Gasteiger charge is -2.25. The molecule has 0 aromatic heterocycles. The van der Waals surface area contributed by atoms with Crippen LogP contribution in [0.3, 0.4) is 0 Å². The van der Waals surface area contributed by atoms with Crippen LogP contribution in [0.1, 0.15) is 46.5 Å². The Morgan fingerprint density at radius 2 is 1.94 bits per heavy atom. The smallest absolute Gasteiger partial charge is 0.218 e. The van der Waals surface area contributed by atoms with Gasteiger partial charge in [0.05, 0.1) is 5.25 Å². The number of hydrogen-bond acceptors (Lipinski definition) is 3. The fourth-order valence-electron chi connectivity index (χ4n) is 1.92. The van der Waals surface area contributed by atoms with E-state index in [9.17, 15) is 8.42 Å². The second-order valence-electron chi connectivity index (χ2n) is 4.90. The fraction of sp³-hybridized carbons (Fsp3) is 1.00. The highest BCUT2D eigenvalue weighted by Gasteiger charge is 2.38. The van der Waals surface area contributed by atoms with Gasteiger partial charge in [0.2, 0.25) is 10.0 Å². The summed E-state index contributed by atoms with van der Waals surface area (Å²) in [5.74, 6) is 0. The summed E-state index contributed by atoms with van der Waals surface area (Å²) in [5.41, 5.74) is 0. The summed E-state index contributed by atoms with van der Waals surface area (Å²) in [6.07, 6.45) is 4.00. The van der Waals surface area contributed by atoms with E-state index in [1.165, 1.54) is 0 Å². The molecule has 5 heteroatoms. The fourth-order valence-corrected chi connectivity index (χ4v) is 3.77. The summed E-state index contributed by atoms with van der Waals surface area (Å²) in [6, 6.07) is 0.286. The van der Waals surface area contributed by atoms with E-state index in [4.69, 9.17) is 0 Å². The lowest BCUT2D eigenvalue weighted by Crippen LogP contribution is -2.43. The minimum absolute atomic E-state index is 0.286. The largest absolute Gasteiger partial charge is 0.315 e. The molecular formula is C12H26N2O2S. The molecule has 4 nitrogen and oxygen atoms in total. The minimum Gasteiger partial charge on any atom is -0.315 e. The van der Waals surface area contributed by atoms with Crippen molar-refractivity contribution < 1.29 is 8.42 Å². The van der Waals surface area contributed by atoms with E-state index in [-0.39, 0.29) is 11.3 Å². The second kappa shape index (κ2) is 6.71. The van der Waals surface area contributed by atoms with Crippen LogP contribution in [0.4, 0.5) is 0 Å². The molecule has 1 aliphatic carbocycles. The summed E-state index contributed by atoms with van der Waals surface area (Å²) >= 11 is 0. The Balaban J connectivity index is 2.56. The van der Waals surface area contributed by atoms with E-state index in [0.29, 0.717) is 13.1 Å². The number of rotatable bonds is 9. The standard InChI is InChI=1S/C12H26N2O2S/c1-4-8-13-10-11(3)17(15,16)14(9-5-2)12-6-7-12/h11-13H,4-10H2,1-3H3. The van der Waals surface area contributed by atoms with Crippen LogP contribution in [0.15, 0.2) is 0 Å². The molecule has 1 unspecified atom stereocenters. The Kier molecular flexibility index (Phi) is 5.89. The molecule has 102 valence electrons. The van der Waals surface area contributed by atoms with Crippen molar-refractivity contribution in [2.75, 3.05) is 19.6 Å². The Hall–Kier alpha value is -0.130. The molecule has 0 aromatic carbocycles. The lowest BCUT2D eigenvalue weighted by molar-refractivity contribution is 0.395. The number of nitrogens with one attached hydrogen (secondary N) is 1. The second-order valence-corrected chi connectivity index (χ2v) is 7.21. The third kappa shape index (κ3) is 4.23. The first kappa shape index (κ1) is 14.9. The van der Waals surface area contributed by atoms with Crippen molar-refractivity contribution in [2.45, 2.75) is 57.7 Å². The van der Waals surface area contributed by atoms with Crippen LogP contribution >= 0.6 is 0 Å². The van der Waals surface area contributed by atoms with E-state index in [1.54, 1.807) is 4.31 Å². The molecular weight excluding hydrogens is 236 g/mol. The molecule has 1 aliphatic rings. The molecule has 0 heterocycles. The van der Waals surface area contributed by atoms with Crippen LogP contribution in [0, 0.1) is 0 Å². The van der Waals surface area contributed by atoms with Crippen molar-refractivity contribution in [3.05, 3.63) is 0 Å². The first-order valence-corrected chi connectivity index (χ1v) is 8.25. The minimum atomic E-state index is -3.11. The third-order valence-electron chi connectivity index (χ3n) is 3.09. The molecule has 0 aliphatic heterocycles. The molecule has 1 saturated carbocycles. The highest BCUT2D eigenvalue weighted by Crippen LogP contribution is 2.30. The van der Waals surface area contributed by atoms with E-state index in [0.717, 1.165) is 32.2 Å². The molecule has 0 saturated heterocycles. The highest BCUT2D eigenvalue weighted by atomic mass is 32.2. The van der Waals surface area contributed by atoms with Crippen LogP contribution in [0.5, 0.6) is 0 Å². The van der Waals surface area contributed by atoms with Gasteiger partial charge in [-0.1, -0.05) is 13.8 Å². The van der Waals surface area contributed by atoms with Crippen molar-refractivity contribution in [1.82, 2.24) is 9.62 Å². The van der Waals surface area contributed by atoms with Gasteiger partial charge in [-0.15, -0.1) is 0 Å². The van der Waals surface area contributed by atoms with Gasteiger partial charge in [-0.25, -0.2) is 8.42 Å². The van der Waals surface area contributed by atoms with Crippen LogP contribution in [0.2, 0.25) is 0 Å². The van der Waals surface area contributed by atoms with Gasteiger partial charge in [0.25, 0.3) is 0 Å². The van der Waals surface area contributed by atoms with Crippen LogP contribution in [0.25, 0.3) is 0 Å². The quantitative estimate of drug-likeness (QED) is 0.642. The van der Waals surface area contributed by atoms with Crippen LogP contribution in [-0.2, 0) is 10.0 Å². The third-order valence-corrected chi connectivity index (χ3v) is 5.41. The van der Waals surface area contributed by atoms with Crippen LogP contribution < -0.4 is 5.32 Å². The molecule has 0 spiro atoms. The Morgan fingerprint density at radius 3 is 2.41 bits per heavy atom. The molecule has 1 atom stereocenters. The van der Waals surface area contributed by atoms with Crippen molar-refractivity contribution in [1.29, 1.82) is 0 Å². The maximum atomic E-state index is 12.4. The number of hydrogen-bond donors (Lipinski definition) is 1. The van der Waals surface area contributed by atoms with Gasteiger partial charge >= 0.3 is 0 Å². The Morgan fingerprint density at radius 1 is 1.29 bits per heavy atom. The highest BCUT2D eigenvalue weighted by molar-refractivity contribution is 7.89. The monoisotopic (exact) mass is 262 g/mol. The maximum Gasteiger partial charge on any atom is 0.218 e. The molecule has 1 fully saturated rings. The van der Waals surface area contributed by atoms with Gasteiger partial charge in [-0.05, 0) is 39.2 Å². The summed E-state index contributed by atoms with van der Waals surface area (Å²) < 4.78 is 26.5. The first-order chi connectivity index (χ1) is 8.04. The van der Waals surface area contributed by atoms with Crippen molar-refractivity contribution in [2.24, 2.45) is 0 Å². The molecule has 17 heavy (non-hydrogen) atoms. The van der Waals surface area contributed by atoms with Crippen molar-refractivity contribution in [3.8, 4) is 0 Å². The summed E-state index contributed by atoms with van der Waals surface area (Å²) in [4.78, 5) is 0. The zero-order valence-corrected chi connectivity index (χ0v) is 12.1. The van der Waals surface area contributed by atoms with E-state index >= 15 is 0 Å². The van der Waals surface area contributed by atoms with E-state index in [2.05, 4.69) is 12.2 Å². The predicted molar refractivity (Wildman–Crippen MR) is 71.6 cm³/mol. The number of nitrogens with zero attached hydrogens (tertiary/aromatic N) is 1. The van der Waals surface area contributed by atoms with Crippen molar-refractivity contribution in [3.63, 3.8) is 0 Å². The molecule has 0 amide bonds. The van der Waals surface area contributed by atoms with Gasteiger partial charge in [-0.2, -0.15) is 4.31 Å². The van der Waals surface area contributed by atoms with Gasteiger partial charge in [-0.3, -0.25) is 0 Å². The first-order valence-electron chi connectivity index (χ1n) is 6.75.